The van der Waals surface area contributed by atoms with Gasteiger partial charge in [0.05, 0.1) is 10.6 Å². The number of pyridine rings is 1. The molecule has 0 amide bonds. The summed E-state index contributed by atoms with van der Waals surface area (Å²) in [5.41, 5.74) is 2.01. The molecule has 1 N–H and O–H groups in total. The average molecular weight is 416 g/mol. The Morgan fingerprint density at radius 1 is 1.34 bits per heavy atom. The molecule has 0 radical (unpaired) electrons. The number of hydrogen-bond acceptors (Lipinski definition) is 5. The highest BCUT2D eigenvalue weighted by molar-refractivity contribution is 6.30. The van der Waals surface area contributed by atoms with Gasteiger partial charge in [-0.05, 0) is 38.5 Å². The van der Waals surface area contributed by atoms with Gasteiger partial charge in [0.2, 0.25) is 0 Å². The van der Waals surface area contributed by atoms with Crippen LogP contribution in [0.5, 0.6) is 5.75 Å². The quantitative estimate of drug-likeness (QED) is 0.660. The van der Waals surface area contributed by atoms with Crippen LogP contribution in [0.2, 0.25) is 5.02 Å². The van der Waals surface area contributed by atoms with Gasteiger partial charge in [-0.1, -0.05) is 23.7 Å². The molecule has 0 aliphatic heterocycles. The van der Waals surface area contributed by atoms with Crippen molar-refractivity contribution in [3.8, 4) is 5.75 Å². The lowest BCUT2D eigenvalue weighted by molar-refractivity contribution is 0.0691. The van der Waals surface area contributed by atoms with E-state index in [0.717, 1.165) is 0 Å². The maximum Gasteiger partial charge on any atom is 0.339 e. The lowest BCUT2D eigenvalue weighted by atomic mass is 10.1. The van der Waals surface area contributed by atoms with E-state index in [1.54, 1.807) is 38.1 Å². The zero-order chi connectivity index (χ0) is 21.3. The van der Waals surface area contributed by atoms with Gasteiger partial charge in [-0.25, -0.2) is 9.78 Å². The summed E-state index contributed by atoms with van der Waals surface area (Å²) in [5.74, 6) is -0.232. The van der Waals surface area contributed by atoms with Gasteiger partial charge in [0.1, 0.15) is 29.4 Å². The standard InChI is InChI=1S/C21H22ClN3O4/c1-5-24(4)18-13(3)20(26)25-10-15(22)9-14(19(25)23-18)11-29-16-8-6-7-12(2)17(16)21(27)28/h6-10H,5,11H2,1-4H3,(H,27,28). The van der Waals surface area contributed by atoms with Gasteiger partial charge in [-0.2, -0.15) is 0 Å². The maximum absolute atomic E-state index is 12.9. The lowest BCUT2D eigenvalue weighted by Gasteiger charge is -2.19. The van der Waals surface area contributed by atoms with Crippen LogP contribution in [0.4, 0.5) is 5.82 Å². The Bertz CT molecular complexity index is 1160. The number of fused-ring (bicyclic) bond motifs is 1. The number of hydrogen-bond donors (Lipinski definition) is 1. The predicted molar refractivity (Wildman–Crippen MR) is 113 cm³/mol. The maximum atomic E-state index is 12.9. The van der Waals surface area contributed by atoms with Crippen LogP contribution in [0.15, 0.2) is 35.3 Å². The highest BCUT2D eigenvalue weighted by atomic mass is 35.5. The number of halogens is 1. The Balaban J connectivity index is 2.11. The lowest BCUT2D eigenvalue weighted by Crippen LogP contribution is -2.26. The molecule has 7 nitrogen and oxygen atoms in total. The number of aromatic carboxylic acids is 1. The molecule has 29 heavy (non-hydrogen) atoms. The first-order chi connectivity index (χ1) is 13.7. The smallest absolute Gasteiger partial charge is 0.339 e. The molecule has 2 heterocycles. The van der Waals surface area contributed by atoms with Gasteiger partial charge in [-0.15, -0.1) is 0 Å². The third kappa shape index (κ3) is 3.91. The number of carboxylic acids is 1. The fourth-order valence-electron chi connectivity index (χ4n) is 3.17. The van der Waals surface area contributed by atoms with E-state index < -0.39 is 5.97 Å². The van der Waals surface area contributed by atoms with Crippen molar-refractivity contribution in [3.05, 3.63) is 68.1 Å². The van der Waals surface area contributed by atoms with Gasteiger partial charge < -0.3 is 14.7 Å². The summed E-state index contributed by atoms with van der Waals surface area (Å²) in [7, 11) is 1.86. The minimum Gasteiger partial charge on any atom is -0.488 e. The van der Waals surface area contributed by atoms with Crippen LogP contribution in [0.1, 0.15) is 34.0 Å². The molecule has 3 aromatic rings. The fourth-order valence-corrected chi connectivity index (χ4v) is 3.40. The van der Waals surface area contributed by atoms with E-state index >= 15 is 0 Å². The minimum atomic E-state index is -1.06. The first kappa shape index (κ1) is 20.7. The molecule has 0 unspecified atom stereocenters. The SMILES string of the molecule is CCN(C)c1nc2c(COc3cccc(C)c3C(=O)O)cc(Cl)cn2c(=O)c1C. The first-order valence-electron chi connectivity index (χ1n) is 9.12. The number of nitrogens with zero attached hydrogens (tertiary/aromatic N) is 3. The van der Waals surface area contributed by atoms with Crippen LogP contribution >= 0.6 is 11.6 Å². The number of benzene rings is 1. The highest BCUT2D eigenvalue weighted by Gasteiger charge is 2.17. The van der Waals surface area contributed by atoms with Crippen LogP contribution in [0.3, 0.4) is 0 Å². The van der Waals surface area contributed by atoms with E-state index in [9.17, 15) is 14.7 Å². The summed E-state index contributed by atoms with van der Waals surface area (Å²) < 4.78 is 7.22. The Labute approximate surface area is 173 Å². The van der Waals surface area contributed by atoms with Crippen molar-refractivity contribution < 1.29 is 14.6 Å². The molecule has 2 aromatic heterocycles. The third-order valence-corrected chi connectivity index (χ3v) is 5.04. The average Bonchev–Trinajstić information content (AvgIpc) is 2.68. The second-order valence-corrected chi connectivity index (χ2v) is 7.24. The van der Waals surface area contributed by atoms with Gasteiger partial charge in [0.25, 0.3) is 5.56 Å². The third-order valence-electron chi connectivity index (χ3n) is 4.83. The molecular formula is C21H22ClN3O4. The van der Waals surface area contributed by atoms with Crippen LogP contribution in [-0.4, -0.2) is 34.1 Å². The van der Waals surface area contributed by atoms with Crippen molar-refractivity contribution in [2.24, 2.45) is 0 Å². The molecule has 0 fully saturated rings. The summed E-state index contributed by atoms with van der Waals surface area (Å²) in [6.45, 7) is 6.11. The topological polar surface area (TPSA) is 84.1 Å². The molecule has 3 rings (SSSR count). The predicted octanol–water partition coefficient (Wildman–Crippen LogP) is 3.70. The van der Waals surface area contributed by atoms with Crippen molar-refractivity contribution in [1.82, 2.24) is 9.38 Å². The van der Waals surface area contributed by atoms with Crippen molar-refractivity contribution in [2.75, 3.05) is 18.5 Å². The number of ether oxygens (including phenoxy) is 1. The van der Waals surface area contributed by atoms with E-state index in [-0.39, 0.29) is 23.5 Å². The molecule has 1 aromatic carbocycles. The molecule has 0 aliphatic rings. The molecule has 8 heteroatoms. The van der Waals surface area contributed by atoms with Crippen molar-refractivity contribution in [3.63, 3.8) is 0 Å². The van der Waals surface area contributed by atoms with E-state index in [2.05, 4.69) is 4.98 Å². The van der Waals surface area contributed by atoms with Crippen LogP contribution in [0, 0.1) is 13.8 Å². The zero-order valence-electron chi connectivity index (χ0n) is 16.7. The Kier molecular flexibility index (Phi) is 5.79. The minimum absolute atomic E-state index is 0.0125. The van der Waals surface area contributed by atoms with Gasteiger partial charge in [-0.3, -0.25) is 9.20 Å². The number of carbonyl (C=O) groups is 1. The molecular weight excluding hydrogens is 394 g/mol. The Hall–Kier alpha value is -3.06. The van der Waals surface area contributed by atoms with Crippen LogP contribution < -0.4 is 15.2 Å². The summed E-state index contributed by atoms with van der Waals surface area (Å²) in [6, 6.07) is 6.71. The number of aromatic nitrogens is 2. The Morgan fingerprint density at radius 3 is 2.72 bits per heavy atom. The molecule has 0 aliphatic carbocycles. The van der Waals surface area contributed by atoms with Gasteiger partial charge in [0.15, 0.2) is 0 Å². The fraction of sp³-hybridized carbons (Fsp3) is 0.286. The largest absolute Gasteiger partial charge is 0.488 e. The number of anilines is 1. The van der Waals surface area contributed by atoms with Crippen molar-refractivity contribution >= 4 is 29.0 Å². The van der Waals surface area contributed by atoms with Gasteiger partial charge in [0, 0.05) is 25.4 Å². The second-order valence-electron chi connectivity index (χ2n) is 6.80. The zero-order valence-corrected chi connectivity index (χ0v) is 17.4. The van der Waals surface area contributed by atoms with E-state index in [1.165, 1.54) is 10.6 Å². The number of rotatable bonds is 6. The van der Waals surface area contributed by atoms with Crippen molar-refractivity contribution in [2.45, 2.75) is 27.4 Å². The Morgan fingerprint density at radius 2 is 2.07 bits per heavy atom. The molecule has 0 bridgehead atoms. The number of aryl methyl sites for hydroxylation is 1. The van der Waals surface area contributed by atoms with Crippen molar-refractivity contribution in [1.29, 1.82) is 0 Å². The molecule has 0 spiro atoms. The summed E-state index contributed by atoms with van der Waals surface area (Å²) in [5, 5.41) is 9.85. The monoisotopic (exact) mass is 415 g/mol. The van der Waals surface area contributed by atoms with Crippen LogP contribution in [0.25, 0.3) is 5.65 Å². The summed E-state index contributed by atoms with van der Waals surface area (Å²) >= 11 is 6.22. The van der Waals surface area contributed by atoms with E-state index in [4.69, 9.17) is 16.3 Å². The summed E-state index contributed by atoms with van der Waals surface area (Å²) in [4.78, 5) is 31.0. The van der Waals surface area contributed by atoms with E-state index in [1.807, 2.05) is 18.9 Å². The highest BCUT2D eigenvalue weighted by Crippen LogP contribution is 2.25. The molecule has 0 saturated heterocycles. The normalized spacial score (nSPS) is 10.9. The van der Waals surface area contributed by atoms with Gasteiger partial charge >= 0.3 is 5.97 Å². The molecule has 152 valence electrons. The summed E-state index contributed by atoms with van der Waals surface area (Å²) in [6.07, 6.45) is 1.52. The second kappa shape index (κ2) is 8.13. The first-order valence-corrected chi connectivity index (χ1v) is 9.50. The molecule has 0 atom stereocenters. The van der Waals surface area contributed by atoms with E-state index in [0.29, 0.717) is 39.7 Å². The van der Waals surface area contributed by atoms with Crippen LogP contribution in [-0.2, 0) is 6.61 Å². The number of carboxylic acid groups (broad SMARTS) is 1. The molecule has 0 saturated carbocycles.